The van der Waals surface area contributed by atoms with Gasteiger partial charge >= 0.3 is 0 Å². The number of carbonyl (C=O) groups is 1. The predicted octanol–water partition coefficient (Wildman–Crippen LogP) is 2.66. The third-order valence-electron chi connectivity index (χ3n) is 5.24. The Bertz CT molecular complexity index is 913. The summed E-state index contributed by atoms with van der Waals surface area (Å²) in [5, 5.41) is 6.40. The van der Waals surface area contributed by atoms with Crippen molar-refractivity contribution < 1.29 is 14.3 Å². The SMILES string of the molecule is CN=C(NCC(=O)N1CCc2ccccc21)NCc1ccc(C)cc1OCCCOC. The molecule has 0 aromatic heterocycles. The molecule has 0 fully saturated rings. The zero-order valence-electron chi connectivity index (χ0n) is 18.6. The first-order valence-electron chi connectivity index (χ1n) is 10.7. The van der Waals surface area contributed by atoms with Crippen LogP contribution in [0.2, 0.25) is 0 Å². The lowest BCUT2D eigenvalue weighted by Crippen LogP contribution is -2.44. The fourth-order valence-electron chi connectivity index (χ4n) is 3.58. The van der Waals surface area contributed by atoms with Gasteiger partial charge in [0.1, 0.15) is 5.75 Å². The number of amides is 1. The predicted molar refractivity (Wildman–Crippen MR) is 124 cm³/mol. The molecule has 7 nitrogen and oxygen atoms in total. The number of benzene rings is 2. The van der Waals surface area contributed by atoms with Gasteiger partial charge in [0.25, 0.3) is 0 Å². The quantitative estimate of drug-likeness (QED) is 0.368. The number of hydrogen-bond donors (Lipinski definition) is 2. The average Bonchev–Trinajstić information content (AvgIpc) is 3.22. The monoisotopic (exact) mass is 424 g/mol. The number of nitrogens with zero attached hydrogens (tertiary/aromatic N) is 2. The second-order valence-electron chi connectivity index (χ2n) is 7.51. The van der Waals surface area contributed by atoms with Crippen molar-refractivity contribution in [2.45, 2.75) is 26.3 Å². The largest absolute Gasteiger partial charge is 0.493 e. The zero-order chi connectivity index (χ0) is 22.1. The minimum Gasteiger partial charge on any atom is -0.493 e. The highest BCUT2D eigenvalue weighted by Gasteiger charge is 2.23. The van der Waals surface area contributed by atoms with E-state index in [4.69, 9.17) is 9.47 Å². The number of anilines is 1. The van der Waals surface area contributed by atoms with Crippen LogP contribution in [0.5, 0.6) is 5.75 Å². The Balaban J connectivity index is 1.52. The fraction of sp³-hybridized carbons (Fsp3) is 0.417. The smallest absolute Gasteiger partial charge is 0.246 e. The number of hydrogen-bond acceptors (Lipinski definition) is 4. The summed E-state index contributed by atoms with van der Waals surface area (Å²) in [5.74, 6) is 1.46. The number of rotatable bonds is 9. The van der Waals surface area contributed by atoms with Crippen molar-refractivity contribution in [3.05, 3.63) is 59.2 Å². The highest BCUT2D eigenvalue weighted by atomic mass is 16.5. The van der Waals surface area contributed by atoms with Crippen LogP contribution >= 0.6 is 0 Å². The van der Waals surface area contributed by atoms with Crippen LogP contribution in [0.3, 0.4) is 0 Å². The number of methoxy groups -OCH3 is 1. The van der Waals surface area contributed by atoms with E-state index < -0.39 is 0 Å². The first-order chi connectivity index (χ1) is 15.1. The maximum absolute atomic E-state index is 12.7. The molecule has 0 saturated carbocycles. The zero-order valence-corrected chi connectivity index (χ0v) is 18.6. The lowest BCUT2D eigenvalue weighted by molar-refractivity contribution is -0.117. The number of aryl methyl sites for hydroxylation is 1. The van der Waals surface area contributed by atoms with Crippen molar-refractivity contribution >= 4 is 17.6 Å². The van der Waals surface area contributed by atoms with Crippen molar-refractivity contribution in [2.24, 2.45) is 4.99 Å². The van der Waals surface area contributed by atoms with Gasteiger partial charge < -0.3 is 25.0 Å². The van der Waals surface area contributed by atoms with E-state index in [2.05, 4.69) is 27.8 Å². The summed E-state index contributed by atoms with van der Waals surface area (Å²) in [6.07, 6.45) is 1.73. The van der Waals surface area contributed by atoms with Crippen LogP contribution in [0.1, 0.15) is 23.1 Å². The van der Waals surface area contributed by atoms with E-state index in [1.54, 1.807) is 14.2 Å². The van der Waals surface area contributed by atoms with Crippen molar-refractivity contribution in [1.82, 2.24) is 10.6 Å². The van der Waals surface area contributed by atoms with Crippen molar-refractivity contribution in [3.8, 4) is 5.75 Å². The van der Waals surface area contributed by atoms with Crippen LogP contribution in [0, 0.1) is 6.92 Å². The average molecular weight is 425 g/mol. The fourth-order valence-corrected chi connectivity index (χ4v) is 3.58. The summed E-state index contributed by atoms with van der Waals surface area (Å²) in [7, 11) is 3.39. The number of nitrogens with one attached hydrogen (secondary N) is 2. The molecule has 166 valence electrons. The standard InChI is InChI=1S/C24H32N4O3/c1-18-9-10-20(22(15-18)31-14-6-13-30-3)16-26-24(25-2)27-17-23(29)28-12-11-19-7-4-5-8-21(19)28/h4-5,7-10,15H,6,11-14,16-17H2,1-3H3,(H2,25,26,27). The molecule has 0 saturated heterocycles. The van der Waals surface area contributed by atoms with Crippen LogP contribution in [0.25, 0.3) is 0 Å². The van der Waals surface area contributed by atoms with Gasteiger partial charge in [0.2, 0.25) is 5.91 Å². The van der Waals surface area contributed by atoms with E-state index in [-0.39, 0.29) is 12.5 Å². The molecule has 2 N–H and O–H groups in total. The molecule has 0 aliphatic carbocycles. The molecule has 31 heavy (non-hydrogen) atoms. The maximum atomic E-state index is 12.7. The lowest BCUT2D eigenvalue weighted by Gasteiger charge is -2.19. The number of aliphatic imine (C=N–C) groups is 1. The molecular weight excluding hydrogens is 392 g/mol. The van der Waals surface area contributed by atoms with E-state index in [0.29, 0.717) is 25.7 Å². The molecular formula is C24H32N4O3. The number of guanidine groups is 1. The Labute approximate surface area is 184 Å². The molecule has 7 heteroatoms. The minimum absolute atomic E-state index is 0.0328. The molecule has 0 radical (unpaired) electrons. The first kappa shape index (κ1) is 22.6. The third-order valence-corrected chi connectivity index (χ3v) is 5.24. The highest BCUT2D eigenvalue weighted by Crippen LogP contribution is 2.27. The summed E-state index contributed by atoms with van der Waals surface area (Å²) >= 11 is 0. The van der Waals surface area contributed by atoms with Crippen LogP contribution in [-0.2, 0) is 22.5 Å². The second kappa shape index (κ2) is 11.4. The van der Waals surface area contributed by atoms with E-state index in [9.17, 15) is 4.79 Å². The Hall–Kier alpha value is -3.06. The number of para-hydroxylation sites is 1. The second-order valence-corrected chi connectivity index (χ2v) is 7.51. The van der Waals surface area contributed by atoms with Crippen LogP contribution in [-0.4, -0.2) is 52.3 Å². The first-order valence-corrected chi connectivity index (χ1v) is 10.7. The molecule has 0 atom stereocenters. The van der Waals surface area contributed by atoms with Gasteiger partial charge in [0.15, 0.2) is 5.96 Å². The summed E-state index contributed by atoms with van der Waals surface area (Å²) in [4.78, 5) is 18.8. The topological polar surface area (TPSA) is 75.2 Å². The van der Waals surface area contributed by atoms with Gasteiger partial charge in [-0.1, -0.05) is 30.3 Å². The number of ether oxygens (including phenoxy) is 2. The van der Waals surface area contributed by atoms with E-state index in [1.165, 1.54) is 5.56 Å². The molecule has 3 rings (SSSR count). The Morgan fingerprint density at radius 1 is 1.16 bits per heavy atom. The molecule has 0 bridgehead atoms. The third kappa shape index (κ3) is 6.21. The number of carbonyl (C=O) groups excluding carboxylic acids is 1. The van der Waals surface area contributed by atoms with Gasteiger partial charge in [-0.25, -0.2) is 0 Å². The van der Waals surface area contributed by atoms with Gasteiger partial charge in [-0.15, -0.1) is 0 Å². The van der Waals surface area contributed by atoms with Crippen molar-refractivity contribution in [3.63, 3.8) is 0 Å². The minimum atomic E-state index is 0.0328. The molecule has 1 aliphatic rings. The van der Waals surface area contributed by atoms with Crippen molar-refractivity contribution in [1.29, 1.82) is 0 Å². The van der Waals surface area contributed by atoms with Crippen molar-refractivity contribution in [2.75, 3.05) is 45.4 Å². The van der Waals surface area contributed by atoms with Gasteiger partial charge in [-0.3, -0.25) is 9.79 Å². The normalized spacial score (nSPS) is 13.1. The molecule has 2 aromatic carbocycles. The summed E-state index contributed by atoms with van der Waals surface area (Å²) < 4.78 is 11.0. The molecule has 2 aromatic rings. The summed E-state index contributed by atoms with van der Waals surface area (Å²) in [6.45, 7) is 4.76. The van der Waals surface area contributed by atoms with Crippen LogP contribution < -0.4 is 20.3 Å². The van der Waals surface area contributed by atoms with Crippen LogP contribution in [0.4, 0.5) is 5.69 Å². The Kier molecular flexibility index (Phi) is 8.29. The van der Waals surface area contributed by atoms with Gasteiger partial charge in [-0.2, -0.15) is 0 Å². The molecule has 1 aliphatic heterocycles. The van der Waals surface area contributed by atoms with Gasteiger partial charge in [0.05, 0.1) is 13.2 Å². The summed E-state index contributed by atoms with van der Waals surface area (Å²) in [5.41, 5.74) is 4.40. The molecule has 1 heterocycles. The van der Waals surface area contributed by atoms with E-state index in [0.717, 1.165) is 42.0 Å². The molecule has 1 amide bonds. The number of fused-ring (bicyclic) bond motifs is 1. The van der Waals surface area contributed by atoms with E-state index in [1.807, 2.05) is 42.2 Å². The van der Waals surface area contributed by atoms with E-state index >= 15 is 0 Å². The summed E-state index contributed by atoms with van der Waals surface area (Å²) in [6, 6.07) is 14.2. The maximum Gasteiger partial charge on any atom is 0.246 e. The lowest BCUT2D eigenvalue weighted by atomic mass is 10.1. The Morgan fingerprint density at radius 3 is 2.81 bits per heavy atom. The van der Waals surface area contributed by atoms with Gasteiger partial charge in [-0.05, 0) is 36.6 Å². The van der Waals surface area contributed by atoms with Gasteiger partial charge in [0, 0.05) is 51.5 Å². The van der Waals surface area contributed by atoms with Crippen LogP contribution in [0.15, 0.2) is 47.5 Å². The highest BCUT2D eigenvalue weighted by molar-refractivity contribution is 5.98. The Morgan fingerprint density at radius 2 is 2.00 bits per heavy atom. The molecule has 0 spiro atoms. The molecule has 0 unspecified atom stereocenters.